The number of pyridine rings is 1. The van der Waals surface area contributed by atoms with Crippen molar-refractivity contribution < 1.29 is 19.4 Å². The Balaban J connectivity index is 1.25. The van der Waals surface area contributed by atoms with Crippen LogP contribution in [0.2, 0.25) is 0 Å². The van der Waals surface area contributed by atoms with Crippen molar-refractivity contribution in [1.82, 2.24) is 19.9 Å². The van der Waals surface area contributed by atoms with Gasteiger partial charge in [-0.15, -0.1) is 0 Å². The van der Waals surface area contributed by atoms with E-state index in [0.29, 0.717) is 13.1 Å². The number of piperidine rings is 1. The third-order valence-electron chi connectivity index (χ3n) is 5.91. The largest absolute Gasteiger partial charge is 0.489 e. The van der Waals surface area contributed by atoms with Gasteiger partial charge in [0.05, 0.1) is 29.7 Å². The lowest BCUT2D eigenvalue weighted by Gasteiger charge is -2.35. The molecule has 2 aliphatic rings. The van der Waals surface area contributed by atoms with Crippen molar-refractivity contribution in [1.29, 1.82) is 0 Å². The van der Waals surface area contributed by atoms with E-state index < -0.39 is 6.09 Å². The minimum Gasteiger partial charge on any atom is -0.489 e. The van der Waals surface area contributed by atoms with E-state index in [0.717, 1.165) is 61.2 Å². The van der Waals surface area contributed by atoms with Crippen LogP contribution in [0, 0.1) is 6.92 Å². The summed E-state index contributed by atoms with van der Waals surface area (Å²) >= 11 is 0. The van der Waals surface area contributed by atoms with Gasteiger partial charge in [-0.25, -0.2) is 19.7 Å². The molecule has 1 saturated heterocycles. The van der Waals surface area contributed by atoms with Gasteiger partial charge in [-0.05, 0) is 57.6 Å². The van der Waals surface area contributed by atoms with Gasteiger partial charge >= 0.3 is 6.09 Å². The molecular weight excluding hydrogens is 384 g/mol. The number of carboxylic acid groups (broad SMARTS) is 1. The first-order valence-corrected chi connectivity index (χ1v) is 10.6. The Morgan fingerprint density at radius 2 is 1.63 bits per heavy atom. The maximum atomic E-state index is 11.0. The zero-order valence-electron chi connectivity index (χ0n) is 17.2. The molecule has 8 heteroatoms. The van der Waals surface area contributed by atoms with Crippen LogP contribution >= 0.6 is 0 Å². The second-order valence-electron chi connectivity index (χ2n) is 8.03. The van der Waals surface area contributed by atoms with E-state index >= 15 is 0 Å². The average Bonchev–Trinajstić information content (AvgIpc) is 2.77. The summed E-state index contributed by atoms with van der Waals surface area (Å²) in [5.74, 6) is 0.820. The van der Waals surface area contributed by atoms with Crippen LogP contribution in [0.15, 0.2) is 30.9 Å². The van der Waals surface area contributed by atoms with Crippen LogP contribution in [0.4, 0.5) is 4.79 Å². The number of aromatic nitrogens is 3. The van der Waals surface area contributed by atoms with Crippen molar-refractivity contribution in [2.75, 3.05) is 13.1 Å². The molecule has 1 saturated carbocycles. The SMILES string of the molecule is Cc1nc(-c2cncnc2)ccc1OC1CCC(OC2CCN(C(=O)O)CC2)CC1. The minimum absolute atomic E-state index is 0.170. The summed E-state index contributed by atoms with van der Waals surface area (Å²) in [4.78, 5) is 25.2. The monoisotopic (exact) mass is 412 g/mol. The van der Waals surface area contributed by atoms with Gasteiger partial charge in [0.15, 0.2) is 0 Å². The molecule has 2 aromatic rings. The van der Waals surface area contributed by atoms with Crippen molar-refractivity contribution in [3.8, 4) is 17.0 Å². The summed E-state index contributed by atoms with van der Waals surface area (Å²) in [6, 6.07) is 3.92. The second kappa shape index (κ2) is 9.38. The average molecular weight is 412 g/mol. The van der Waals surface area contributed by atoms with Crippen LogP contribution in [0.5, 0.6) is 5.75 Å². The molecular formula is C22H28N4O4. The van der Waals surface area contributed by atoms with Crippen LogP contribution in [-0.2, 0) is 4.74 Å². The minimum atomic E-state index is -0.832. The summed E-state index contributed by atoms with van der Waals surface area (Å²) in [6.45, 7) is 3.09. The fraction of sp³-hybridized carbons (Fsp3) is 0.545. The number of aryl methyl sites for hydroxylation is 1. The van der Waals surface area contributed by atoms with Crippen molar-refractivity contribution in [2.45, 2.75) is 63.8 Å². The Labute approximate surface area is 176 Å². The molecule has 0 unspecified atom stereocenters. The highest BCUT2D eigenvalue weighted by Gasteiger charge is 2.28. The van der Waals surface area contributed by atoms with Crippen LogP contribution in [0.1, 0.15) is 44.2 Å². The topological polar surface area (TPSA) is 97.7 Å². The predicted molar refractivity (Wildman–Crippen MR) is 110 cm³/mol. The summed E-state index contributed by atoms with van der Waals surface area (Å²) < 4.78 is 12.5. The van der Waals surface area contributed by atoms with E-state index in [2.05, 4.69) is 15.0 Å². The number of hydrogen-bond donors (Lipinski definition) is 1. The van der Waals surface area contributed by atoms with E-state index in [4.69, 9.17) is 14.6 Å². The van der Waals surface area contributed by atoms with Gasteiger partial charge in [-0.1, -0.05) is 0 Å². The number of hydrogen-bond acceptors (Lipinski definition) is 6. The highest BCUT2D eigenvalue weighted by atomic mass is 16.5. The number of ether oxygens (including phenoxy) is 2. The first-order chi connectivity index (χ1) is 14.6. The number of amides is 1. The third-order valence-corrected chi connectivity index (χ3v) is 5.91. The van der Waals surface area contributed by atoms with E-state index in [1.807, 2.05) is 19.1 Å². The summed E-state index contributed by atoms with van der Waals surface area (Å²) in [5, 5.41) is 9.05. The normalized spacial score (nSPS) is 22.6. The molecule has 1 N–H and O–H groups in total. The van der Waals surface area contributed by atoms with E-state index in [1.165, 1.54) is 11.2 Å². The standard InChI is InChI=1S/C22H28N4O4/c1-15-21(7-6-20(25-15)16-12-23-14-24-13-16)30-18-4-2-17(3-5-18)29-19-8-10-26(11-9-19)22(27)28/h6-7,12-14,17-19H,2-5,8-11H2,1H3,(H,27,28). The van der Waals surface area contributed by atoms with Gasteiger partial charge in [0.25, 0.3) is 0 Å². The molecule has 1 aliphatic heterocycles. The van der Waals surface area contributed by atoms with Gasteiger partial charge in [-0.3, -0.25) is 0 Å². The molecule has 2 fully saturated rings. The molecule has 30 heavy (non-hydrogen) atoms. The molecule has 2 aromatic heterocycles. The van der Waals surface area contributed by atoms with Crippen LogP contribution in [0.3, 0.4) is 0 Å². The molecule has 1 amide bonds. The summed E-state index contributed by atoms with van der Waals surface area (Å²) in [6.07, 6.45) is 10.2. The molecule has 3 heterocycles. The zero-order valence-corrected chi connectivity index (χ0v) is 17.2. The lowest BCUT2D eigenvalue weighted by atomic mass is 9.94. The van der Waals surface area contributed by atoms with Gasteiger partial charge in [0.2, 0.25) is 0 Å². The molecule has 0 atom stereocenters. The first-order valence-electron chi connectivity index (χ1n) is 10.6. The fourth-order valence-corrected chi connectivity index (χ4v) is 4.19. The van der Waals surface area contributed by atoms with Crippen molar-refractivity contribution in [2.24, 2.45) is 0 Å². The Bertz CT molecular complexity index is 847. The molecule has 8 nitrogen and oxygen atoms in total. The Kier molecular flexibility index (Phi) is 6.42. The second-order valence-corrected chi connectivity index (χ2v) is 8.03. The van der Waals surface area contributed by atoms with Gasteiger partial charge in [-0.2, -0.15) is 0 Å². The molecule has 0 bridgehead atoms. The molecule has 0 spiro atoms. The first kappa shape index (κ1) is 20.5. The highest BCUT2D eigenvalue weighted by molar-refractivity contribution is 5.65. The third kappa shape index (κ3) is 5.05. The number of nitrogens with zero attached hydrogens (tertiary/aromatic N) is 4. The van der Waals surface area contributed by atoms with Crippen LogP contribution < -0.4 is 4.74 Å². The van der Waals surface area contributed by atoms with Crippen LogP contribution in [-0.4, -0.2) is 62.5 Å². The van der Waals surface area contributed by atoms with Crippen molar-refractivity contribution >= 4 is 6.09 Å². The molecule has 1 aliphatic carbocycles. The predicted octanol–water partition coefficient (Wildman–Crippen LogP) is 3.70. The molecule has 160 valence electrons. The highest BCUT2D eigenvalue weighted by Crippen LogP contribution is 2.29. The van der Waals surface area contributed by atoms with E-state index in [-0.39, 0.29) is 18.3 Å². The lowest BCUT2D eigenvalue weighted by molar-refractivity contribution is -0.0641. The summed E-state index contributed by atoms with van der Waals surface area (Å²) in [5.41, 5.74) is 2.59. The molecule has 0 aromatic carbocycles. The van der Waals surface area contributed by atoms with Gasteiger partial charge < -0.3 is 19.5 Å². The quantitative estimate of drug-likeness (QED) is 0.800. The molecule has 0 radical (unpaired) electrons. The van der Waals surface area contributed by atoms with E-state index in [9.17, 15) is 4.79 Å². The van der Waals surface area contributed by atoms with Crippen LogP contribution in [0.25, 0.3) is 11.3 Å². The van der Waals surface area contributed by atoms with Gasteiger partial charge in [0, 0.05) is 31.0 Å². The maximum absolute atomic E-state index is 11.0. The summed E-state index contributed by atoms with van der Waals surface area (Å²) in [7, 11) is 0. The lowest BCUT2D eigenvalue weighted by Crippen LogP contribution is -2.41. The number of rotatable bonds is 5. The zero-order chi connectivity index (χ0) is 20.9. The van der Waals surface area contributed by atoms with E-state index in [1.54, 1.807) is 12.4 Å². The number of carbonyl (C=O) groups is 1. The Morgan fingerprint density at radius 3 is 2.27 bits per heavy atom. The molecule has 4 rings (SSSR count). The Morgan fingerprint density at radius 1 is 1.00 bits per heavy atom. The Hall–Kier alpha value is -2.74. The van der Waals surface area contributed by atoms with Gasteiger partial charge in [0.1, 0.15) is 12.1 Å². The maximum Gasteiger partial charge on any atom is 0.407 e. The van der Waals surface area contributed by atoms with Crippen molar-refractivity contribution in [3.63, 3.8) is 0 Å². The van der Waals surface area contributed by atoms with Crippen molar-refractivity contribution in [3.05, 3.63) is 36.5 Å². The fourth-order valence-electron chi connectivity index (χ4n) is 4.19. The smallest absolute Gasteiger partial charge is 0.407 e. The number of likely N-dealkylation sites (tertiary alicyclic amines) is 1.